The van der Waals surface area contributed by atoms with E-state index in [1.54, 1.807) is 4.68 Å². The topological polar surface area (TPSA) is 56.1 Å². The quantitative estimate of drug-likeness (QED) is 0.824. The number of carbonyl (C=O) groups is 1. The minimum atomic E-state index is -0.331. The molecule has 18 heavy (non-hydrogen) atoms. The van der Waals surface area contributed by atoms with Crippen LogP contribution < -0.4 is 5.32 Å². The van der Waals surface area contributed by atoms with Crippen LogP contribution in [-0.2, 0) is 23.1 Å². The standard InChI is InChI=1S/C13H23N3O2/c1-9-10(8-16(5)15-9)7-14-11(12(17)18-6)13(2,3)4/h8,11,14H,7H2,1-6H3. The van der Waals surface area contributed by atoms with Gasteiger partial charge < -0.3 is 4.74 Å². The largest absolute Gasteiger partial charge is 0.468 e. The van der Waals surface area contributed by atoms with Crippen LogP contribution in [0.4, 0.5) is 0 Å². The minimum absolute atomic E-state index is 0.191. The lowest BCUT2D eigenvalue weighted by Crippen LogP contribution is -2.46. The highest BCUT2D eigenvalue weighted by atomic mass is 16.5. The number of hydrogen-bond acceptors (Lipinski definition) is 4. The van der Waals surface area contributed by atoms with Gasteiger partial charge in [-0.1, -0.05) is 20.8 Å². The molecule has 0 amide bonds. The summed E-state index contributed by atoms with van der Waals surface area (Å²) in [6, 6.07) is -0.331. The van der Waals surface area contributed by atoms with E-state index in [4.69, 9.17) is 4.74 Å². The lowest BCUT2D eigenvalue weighted by atomic mass is 9.86. The van der Waals surface area contributed by atoms with Crippen LogP contribution in [0, 0.1) is 12.3 Å². The number of nitrogens with one attached hydrogen (secondary N) is 1. The van der Waals surface area contributed by atoms with E-state index in [2.05, 4.69) is 10.4 Å². The Morgan fingerprint density at radius 2 is 2.17 bits per heavy atom. The Balaban J connectivity index is 2.74. The number of nitrogens with zero attached hydrogens (tertiary/aromatic N) is 2. The normalized spacial score (nSPS) is 13.4. The van der Waals surface area contributed by atoms with E-state index in [1.807, 2.05) is 40.9 Å². The number of aromatic nitrogens is 2. The van der Waals surface area contributed by atoms with Crippen molar-refractivity contribution in [1.29, 1.82) is 0 Å². The van der Waals surface area contributed by atoms with Crippen molar-refractivity contribution in [2.45, 2.75) is 40.3 Å². The van der Waals surface area contributed by atoms with Crippen molar-refractivity contribution in [3.8, 4) is 0 Å². The number of ether oxygens (including phenoxy) is 1. The molecule has 1 aromatic rings. The van der Waals surface area contributed by atoms with Crippen LogP contribution in [0.2, 0.25) is 0 Å². The van der Waals surface area contributed by atoms with Crippen molar-refractivity contribution in [2.75, 3.05) is 7.11 Å². The van der Waals surface area contributed by atoms with Gasteiger partial charge in [0.15, 0.2) is 0 Å². The van der Waals surface area contributed by atoms with Gasteiger partial charge in [0, 0.05) is 25.4 Å². The summed E-state index contributed by atoms with van der Waals surface area (Å²) in [5.41, 5.74) is 1.88. The second-order valence-corrected chi connectivity index (χ2v) is 5.62. The van der Waals surface area contributed by atoms with E-state index < -0.39 is 0 Å². The molecule has 0 aliphatic rings. The number of methoxy groups -OCH3 is 1. The second kappa shape index (κ2) is 5.52. The Hall–Kier alpha value is -1.36. The maximum Gasteiger partial charge on any atom is 0.323 e. The van der Waals surface area contributed by atoms with Gasteiger partial charge in [-0.25, -0.2) is 0 Å². The van der Waals surface area contributed by atoms with Crippen molar-refractivity contribution in [3.63, 3.8) is 0 Å². The van der Waals surface area contributed by atoms with Crippen LogP contribution >= 0.6 is 0 Å². The summed E-state index contributed by atoms with van der Waals surface area (Å²) in [5.74, 6) is -0.232. The molecule has 0 spiro atoms. The maximum absolute atomic E-state index is 11.8. The van der Waals surface area contributed by atoms with Crippen molar-refractivity contribution >= 4 is 5.97 Å². The molecule has 5 heteroatoms. The highest BCUT2D eigenvalue weighted by Gasteiger charge is 2.31. The van der Waals surface area contributed by atoms with Gasteiger partial charge in [-0.05, 0) is 12.3 Å². The van der Waals surface area contributed by atoms with Crippen LogP contribution in [0.3, 0.4) is 0 Å². The van der Waals surface area contributed by atoms with Crippen LogP contribution in [0.15, 0.2) is 6.20 Å². The summed E-state index contributed by atoms with van der Waals surface area (Å²) in [4.78, 5) is 11.8. The molecule has 1 rings (SSSR count). The van der Waals surface area contributed by atoms with Crippen LogP contribution in [-0.4, -0.2) is 28.9 Å². The summed E-state index contributed by atoms with van der Waals surface area (Å²) in [5, 5.41) is 7.53. The first-order chi connectivity index (χ1) is 8.25. The van der Waals surface area contributed by atoms with Gasteiger partial charge in [0.2, 0.25) is 0 Å². The molecule has 0 aromatic carbocycles. The van der Waals surface area contributed by atoms with Gasteiger partial charge in [0.1, 0.15) is 6.04 Å². The third-order valence-electron chi connectivity index (χ3n) is 2.91. The number of esters is 1. The molecular weight excluding hydrogens is 230 g/mol. The molecule has 5 nitrogen and oxygen atoms in total. The van der Waals surface area contributed by atoms with E-state index >= 15 is 0 Å². The average Bonchev–Trinajstić information content (AvgIpc) is 2.55. The van der Waals surface area contributed by atoms with Gasteiger partial charge in [0.05, 0.1) is 12.8 Å². The third-order valence-corrected chi connectivity index (χ3v) is 2.91. The Morgan fingerprint density at radius 3 is 2.56 bits per heavy atom. The molecule has 0 saturated carbocycles. The molecule has 1 atom stereocenters. The fourth-order valence-corrected chi connectivity index (χ4v) is 1.90. The number of carbonyl (C=O) groups excluding carboxylic acids is 1. The first-order valence-corrected chi connectivity index (χ1v) is 6.06. The number of aryl methyl sites for hydroxylation is 2. The van der Waals surface area contributed by atoms with E-state index in [9.17, 15) is 4.79 Å². The van der Waals surface area contributed by atoms with Gasteiger partial charge in [-0.15, -0.1) is 0 Å². The minimum Gasteiger partial charge on any atom is -0.468 e. The molecule has 0 radical (unpaired) electrons. The molecule has 0 fully saturated rings. The summed E-state index contributed by atoms with van der Waals surface area (Å²) >= 11 is 0. The van der Waals surface area contributed by atoms with E-state index in [0.29, 0.717) is 6.54 Å². The third kappa shape index (κ3) is 3.57. The fraction of sp³-hybridized carbons (Fsp3) is 0.692. The Kier molecular flexibility index (Phi) is 4.51. The highest BCUT2D eigenvalue weighted by molar-refractivity contribution is 5.76. The van der Waals surface area contributed by atoms with Gasteiger partial charge in [-0.2, -0.15) is 5.10 Å². The molecule has 0 bridgehead atoms. The summed E-state index contributed by atoms with van der Waals surface area (Å²) in [7, 11) is 3.30. The van der Waals surface area contributed by atoms with Gasteiger partial charge in [-0.3, -0.25) is 14.8 Å². The van der Waals surface area contributed by atoms with Gasteiger partial charge >= 0.3 is 5.97 Å². The van der Waals surface area contributed by atoms with Crippen LogP contribution in [0.1, 0.15) is 32.0 Å². The predicted octanol–water partition coefficient (Wildman–Crippen LogP) is 1.41. The zero-order valence-electron chi connectivity index (χ0n) is 12.1. The monoisotopic (exact) mass is 253 g/mol. The molecular formula is C13H23N3O2. The zero-order valence-corrected chi connectivity index (χ0v) is 12.1. The lowest BCUT2D eigenvalue weighted by Gasteiger charge is -2.29. The van der Waals surface area contributed by atoms with Gasteiger partial charge in [0.25, 0.3) is 0 Å². The predicted molar refractivity (Wildman–Crippen MR) is 70.0 cm³/mol. The molecule has 1 heterocycles. The molecule has 102 valence electrons. The second-order valence-electron chi connectivity index (χ2n) is 5.62. The lowest BCUT2D eigenvalue weighted by molar-refractivity contribution is -0.146. The van der Waals surface area contributed by atoms with Crippen molar-refractivity contribution in [1.82, 2.24) is 15.1 Å². The first-order valence-electron chi connectivity index (χ1n) is 6.06. The van der Waals surface area contributed by atoms with Crippen molar-refractivity contribution in [2.24, 2.45) is 12.5 Å². The van der Waals surface area contributed by atoms with E-state index in [-0.39, 0.29) is 17.4 Å². The summed E-state index contributed by atoms with van der Waals surface area (Å²) in [6.45, 7) is 8.60. The first kappa shape index (κ1) is 14.7. The van der Waals surface area contributed by atoms with E-state index in [0.717, 1.165) is 11.3 Å². The Morgan fingerprint density at radius 1 is 1.56 bits per heavy atom. The Labute approximate surface area is 109 Å². The maximum atomic E-state index is 11.8. The average molecular weight is 253 g/mol. The molecule has 0 saturated heterocycles. The summed E-state index contributed by atoms with van der Waals surface area (Å²) < 4.78 is 6.61. The van der Waals surface area contributed by atoms with Crippen molar-refractivity contribution in [3.05, 3.63) is 17.5 Å². The molecule has 1 N–H and O–H groups in total. The summed E-state index contributed by atoms with van der Waals surface area (Å²) in [6.07, 6.45) is 1.96. The fourth-order valence-electron chi connectivity index (χ4n) is 1.90. The smallest absolute Gasteiger partial charge is 0.323 e. The number of rotatable bonds is 4. The van der Waals surface area contributed by atoms with E-state index in [1.165, 1.54) is 7.11 Å². The van der Waals surface area contributed by atoms with Crippen LogP contribution in [0.5, 0.6) is 0 Å². The molecule has 1 unspecified atom stereocenters. The molecule has 0 aliphatic carbocycles. The molecule has 1 aromatic heterocycles. The molecule has 0 aliphatic heterocycles. The zero-order chi connectivity index (χ0) is 13.9. The SMILES string of the molecule is COC(=O)C(NCc1cn(C)nc1C)C(C)(C)C. The number of hydrogen-bond donors (Lipinski definition) is 1. The van der Waals surface area contributed by atoms with Crippen LogP contribution in [0.25, 0.3) is 0 Å². The Bertz CT molecular complexity index is 418. The highest BCUT2D eigenvalue weighted by Crippen LogP contribution is 2.21. The van der Waals surface area contributed by atoms with Crippen molar-refractivity contribution < 1.29 is 9.53 Å².